The molecule has 2 N–H and O–H groups in total. The number of aliphatic carboxylic acids is 1. The highest BCUT2D eigenvalue weighted by Gasteiger charge is 1.78. The molecule has 0 aromatic rings. The highest BCUT2D eigenvalue weighted by atomic mass is 16.9. The Balaban J connectivity index is 0. The van der Waals surface area contributed by atoms with Crippen molar-refractivity contribution in [3.8, 4) is 0 Å². The number of carbonyl (C=O) groups is 1. The van der Waals surface area contributed by atoms with Crippen LogP contribution < -0.4 is 0 Å². The number of allylic oxidation sites excluding steroid dienone is 3. The minimum atomic E-state index is -1.50. The first-order chi connectivity index (χ1) is 5.50. The number of nitrogens with zero attached hydrogens (tertiary/aromatic N) is 1. The number of rotatable bonds is 2. The molecule has 0 radical (unpaired) electrons. The average Bonchev–Trinajstić information content (AvgIpc) is 1.86. The van der Waals surface area contributed by atoms with Gasteiger partial charge < -0.3 is 10.3 Å². The molecular formula is C6H9NO5. The summed E-state index contributed by atoms with van der Waals surface area (Å²) in [6, 6.07) is 0. The summed E-state index contributed by atoms with van der Waals surface area (Å²) in [5, 5.41) is 21.7. The van der Waals surface area contributed by atoms with Gasteiger partial charge in [-0.2, -0.15) is 0 Å². The van der Waals surface area contributed by atoms with E-state index in [1.165, 1.54) is 6.08 Å². The molecule has 0 bridgehead atoms. The third kappa shape index (κ3) is 42.0. The van der Waals surface area contributed by atoms with Crippen molar-refractivity contribution < 1.29 is 20.2 Å². The molecule has 0 aromatic carbocycles. The number of carboxylic acid groups (broad SMARTS) is 1. The van der Waals surface area contributed by atoms with Crippen molar-refractivity contribution in [3.63, 3.8) is 0 Å². The molecule has 0 fully saturated rings. The first-order valence-electron chi connectivity index (χ1n) is 2.86. The summed E-state index contributed by atoms with van der Waals surface area (Å²) in [4.78, 5) is 18.1. The summed E-state index contributed by atoms with van der Waals surface area (Å²) < 4.78 is 0. The summed E-state index contributed by atoms with van der Waals surface area (Å²) in [5.74, 6) is -0.914. The lowest BCUT2D eigenvalue weighted by molar-refractivity contribution is -0.742. The fourth-order valence-electron chi connectivity index (χ4n) is 0.249. The normalized spacial score (nSPS) is 9.42. The third-order valence-corrected chi connectivity index (χ3v) is 0.542. The van der Waals surface area contributed by atoms with E-state index in [0.717, 1.165) is 6.08 Å². The van der Waals surface area contributed by atoms with E-state index >= 15 is 0 Å². The van der Waals surface area contributed by atoms with Gasteiger partial charge in [-0.15, -0.1) is 10.1 Å². The van der Waals surface area contributed by atoms with E-state index in [2.05, 4.69) is 0 Å². The van der Waals surface area contributed by atoms with Crippen molar-refractivity contribution in [1.29, 1.82) is 0 Å². The van der Waals surface area contributed by atoms with Gasteiger partial charge >= 0.3 is 5.97 Å². The van der Waals surface area contributed by atoms with Gasteiger partial charge in [-0.25, -0.2) is 4.79 Å². The van der Waals surface area contributed by atoms with Gasteiger partial charge in [0, 0.05) is 6.08 Å². The summed E-state index contributed by atoms with van der Waals surface area (Å²) >= 11 is 0. The second-order valence-corrected chi connectivity index (χ2v) is 1.46. The molecule has 68 valence electrons. The largest absolute Gasteiger partial charge is 0.478 e. The van der Waals surface area contributed by atoms with Crippen molar-refractivity contribution in [2.24, 2.45) is 0 Å². The maximum atomic E-state index is 9.75. The number of carboxylic acids is 1. The van der Waals surface area contributed by atoms with Gasteiger partial charge in [-0.1, -0.05) is 18.2 Å². The zero-order chi connectivity index (χ0) is 9.98. The molecule has 0 amide bonds. The van der Waals surface area contributed by atoms with Gasteiger partial charge in [0.1, 0.15) is 0 Å². The summed E-state index contributed by atoms with van der Waals surface area (Å²) in [6.07, 6.45) is 5.98. The molecule has 0 heterocycles. The van der Waals surface area contributed by atoms with Crippen molar-refractivity contribution >= 4 is 5.97 Å². The van der Waals surface area contributed by atoms with Crippen LogP contribution in [0.5, 0.6) is 0 Å². The Kier molecular flexibility index (Phi) is 9.76. The van der Waals surface area contributed by atoms with Crippen LogP contribution in [0.2, 0.25) is 0 Å². The highest BCUT2D eigenvalue weighted by Crippen LogP contribution is 1.74. The molecule has 0 spiro atoms. The van der Waals surface area contributed by atoms with Crippen LogP contribution >= 0.6 is 0 Å². The van der Waals surface area contributed by atoms with Crippen LogP contribution in [-0.2, 0) is 4.79 Å². The lowest BCUT2D eigenvalue weighted by Gasteiger charge is -1.72. The van der Waals surface area contributed by atoms with Crippen LogP contribution in [0, 0.1) is 10.1 Å². The smallest absolute Gasteiger partial charge is 0.328 e. The average molecular weight is 175 g/mol. The Morgan fingerprint density at radius 1 is 1.50 bits per heavy atom. The molecule has 0 aliphatic carbocycles. The second-order valence-electron chi connectivity index (χ2n) is 1.46. The summed E-state index contributed by atoms with van der Waals surface area (Å²) in [5.41, 5.74) is 0. The van der Waals surface area contributed by atoms with E-state index in [-0.39, 0.29) is 0 Å². The molecule has 0 saturated heterocycles. The maximum Gasteiger partial charge on any atom is 0.328 e. The Morgan fingerprint density at radius 2 is 1.92 bits per heavy atom. The van der Waals surface area contributed by atoms with Gasteiger partial charge in [0.15, 0.2) is 0 Å². The molecular weight excluding hydrogens is 166 g/mol. The van der Waals surface area contributed by atoms with Gasteiger partial charge in [0.25, 0.3) is 5.09 Å². The molecule has 0 aromatic heterocycles. The zero-order valence-corrected chi connectivity index (χ0v) is 6.38. The molecule has 0 unspecified atom stereocenters. The summed E-state index contributed by atoms with van der Waals surface area (Å²) in [6.45, 7) is 1.83. The fourth-order valence-corrected chi connectivity index (χ4v) is 0.249. The van der Waals surface area contributed by atoms with Crippen LogP contribution in [-0.4, -0.2) is 21.4 Å². The minimum absolute atomic E-state index is 0.914. The Labute approximate surface area is 68.5 Å². The van der Waals surface area contributed by atoms with Crippen molar-refractivity contribution in [2.75, 3.05) is 0 Å². The van der Waals surface area contributed by atoms with E-state index < -0.39 is 11.1 Å². The Hall–Kier alpha value is -1.85. The van der Waals surface area contributed by atoms with Crippen LogP contribution in [0.4, 0.5) is 0 Å². The van der Waals surface area contributed by atoms with E-state index in [0.29, 0.717) is 0 Å². The molecule has 0 rings (SSSR count). The van der Waals surface area contributed by atoms with Crippen molar-refractivity contribution in [2.45, 2.75) is 6.92 Å². The molecule has 6 heteroatoms. The van der Waals surface area contributed by atoms with Crippen LogP contribution in [0.3, 0.4) is 0 Å². The third-order valence-electron chi connectivity index (χ3n) is 0.542. The number of hydrogen-bond donors (Lipinski definition) is 2. The Morgan fingerprint density at radius 3 is 2.17 bits per heavy atom. The topological polar surface area (TPSA) is 101 Å². The number of hydrogen-bond acceptors (Lipinski definition) is 3. The van der Waals surface area contributed by atoms with Crippen LogP contribution in [0.15, 0.2) is 24.3 Å². The first-order valence-corrected chi connectivity index (χ1v) is 2.86. The molecule has 12 heavy (non-hydrogen) atoms. The van der Waals surface area contributed by atoms with Gasteiger partial charge in [0.2, 0.25) is 0 Å². The van der Waals surface area contributed by atoms with E-state index in [9.17, 15) is 4.79 Å². The monoisotopic (exact) mass is 175 g/mol. The minimum Gasteiger partial charge on any atom is -0.478 e. The predicted molar refractivity (Wildman–Crippen MR) is 40.4 cm³/mol. The van der Waals surface area contributed by atoms with Gasteiger partial charge in [0.05, 0.1) is 0 Å². The van der Waals surface area contributed by atoms with Crippen LogP contribution in [0.25, 0.3) is 0 Å². The zero-order valence-electron chi connectivity index (χ0n) is 6.38. The van der Waals surface area contributed by atoms with E-state index in [4.69, 9.17) is 20.4 Å². The standard InChI is InChI=1S/C6H8O2.HNO3/c1-2-3-4-5-6(7)8;2-1(3)4/h2-5H,1H3,(H,7,8);(H,2,3,4)/b3-2+,5-4+;. The molecule has 0 saturated carbocycles. The lowest BCUT2D eigenvalue weighted by Crippen LogP contribution is -1.83. The quantitative estimate of drug-likeness (QED) is 0.280. The van der Waals surface area contributed by atoms with Crippen LogP contribution in [0.1, 0.15) is 6.92 Å². The van der Waals surface area contributed by atoms with E-state index in [1.54, 1.807) is 12.2 Å². The van der Waals surface area contributed by atoms with Crippen molar-refractivity contribution in [1.82, 2.24) is 0 Å². The van der Waals surface area contributed by atoms with Gasteiger partial charge in [-0.3, -0.25) is 0 Å². The molecule has 0 aliphatic heterocycles. The van der Waals surface area contributed by atoms with Crippen molar-refractivity contribution in [3.05, 3.63) is 34.4 Å². The summed E-state index contributed by atoms with van der Waals surface area (Å²) in [7, 11) is 0. The maximum absolute atomic E-state index is 9.75. The van der Waals surface area contributed by atoms with E-state index in [1.807, 2.05) is 6.92 Å². The fraction of sp³-hybridized carbons (Fsp3) is 0.167. The lowest BCUT2D eigenvalue weighted by atomic mass is 10.4. The SMILES string of the molecule is C/C=C/C=C/C(=O)O.O=[N+]([O-])O. The molecule has 6 nitrogen and oxygen atoms in total. The first kappa shape index (κ1) is 12.8. The molecule has 0 aliphatic rings. The highest BCUT2D eigenvalue weighted by molar-refractivity contribution is 5.80. The Bertz CT molecular complexity index is 192. The van der Waals surface area contributed by atoms with Gasteiger partial charge in [-0.05, 0) is 6.92 Å². The second kappa shape index (κ2) is 9.15. The predicted octanol–water partition coefficient (Wildman–Crippen LogP) is 0.856. The molecule has 0 atom stereocenters.